The van der Waals surface area contributed by atoms with Crippen molar-refractivity contribution >= 4 is 24.0 Å². The second-order valence-electron chi connectivity index (χ2n) is 7.38. The molecule has 0 unspecified atom stereocenters. The van der Waals surface area contributed by atoms with Gasteiger partial charge in [0.25, 0.3) is 0 Å². The van der Waals surface area contributed by atoms with Crippen LogP contribution in [-0.4, -0.2) is 84.8 Å². The lowest BCUT2D eigenvalue weighted by molar-refractivity contribution is -0.144. The van der Waals surface area contributed by atoms with Crippen molar-refractivity contribution in [1.82, 2.24) is 20.4 Å². The number of hydrogen-bond acceptors (Lipinski definition) is 6. The molecule has 154 valence electrons. The van der Waals surface area contributed by atoms with Crippen molar-refractivity contribution in [2.75, 3.05) is 33.3 Å². The number of ether oxygens (including phenoxy) is 2. The molecule has 4 amide bonds. The molecule has 1 aliphatic heterocycles. The highest BCUT2D eigenvalue weighted by molar-refractivity contribution is 5.90. The topological polar surface area (TPSA) is 117 Å². The van der Waals surface area contributed by atoms with Gasteiger partial charge in [0.05, 0.1) is 7.11 Å². The van der Waals surface area contributed by atoms with Crippen molar-refractivity contribution < 1.29 is 28.7 Å². The summed E-state index contributed by atoms with van der Waals surface area (Å²) < 4.78 is 9.85. The summed E-state index contributed by atoms with van der Waals surface area (Å²) in [5.74, 6) is -1.06. The van der Waals surface area contributed by atoms with Crippen LogP contribution in [0.15, 0.2) is 0 Å². The maximum Gasteiger partial charge on any atom is 0.410 e. The Bertz CT molecular complexity index is 566. The summed E-state index contributed by atoms with van der Waals surface area (Å²) in [7, 11) is 1.23. The first-order valence-electron chi connectivity index (χ1n) is 8.86. The summed E-state index contributed by atoms with van der Waals surface area (Å²) in [6.45, 7) is 9.76. The van der Waals surface area contributed by atoms with Gasteiger partial charge >= 0.3 is 18.1 Å². The molecule has 10 heteroatoms. The van der Waals surface area contributed by atoms with Gasteiger partial charge in [-0.3, -0.25) is 4.79 Å². The third-order valence-corrected chi connectivity index (χ3v) is 3.87. The molecule has 27 heavy (non-hydrogen) atoms. The van der Waals surface area contributed by atoms with Crippen LogP contribution in [0.1, 0.15) is 34.6 Å². The lowest BCUT2D eigenvalue weighted by Crippen LogP contribution is -2.57. The van der Waals surface area contributed by atoms with E-state index in [0.29, 0.717) is 26.2 Å². The minimum atomic E-state index is -0.825. The summed E-state index contributed by atoms with van der Waals surface area (Å²) >= 11 is 0. The van der Waals surface area contributed by atoms with Gasteiger partial charge in [0.15, 0.2) is 0 Å². The molecule has 0 radical (unpaired) electrons. The number of amides is 4. The molecular formula is C17H30N4O6. The zero-order valence-corrected chi connectivity index (χ0v) is 16.8. The molecule has 1 heterocycles. The molecule has 0 aliphatic carbocycles. The number of methoxy groups -OCH3 is 1. The van der Waals surface area contributed by atoms with Gasteiger partial charge in [-0.05, 0) is 34.6 Å². The molecule has 2 N–H and O–H groups in total. The highest BCUT2D eigenvalue weighted by Gasteiger charge is 2.29. The number of urea groups is 1. The van der Waals surface area contributed by atoms with Crippen LogP contribution in [0.2, 0.25) is 0 Å². The van der Waals surface area contributed by atoms with Crippen LogP contribution < -0.4 is 10.6 Å². The van der Waals surface area contributed by atoms with Crippen LogP contribution in [0.3, 0.4) is 0 Å². The van der Waals surface area contributed by atoms with E-state index in [1.807, 2.05) is 0 Å². The summed E-state index contributed by atoms with van der Waals surface area (Å²) in [6, 6.07) is -2.04. The number of esters is 1. The Morgan fingerprint density at radius 1 is 0.889 bits per heavy atom. The Balaban J connectivity index is 2.45. The molecule has 0 saturated carbocycles. The Morgan fingerprint density at radius 3 is 1.89 bits per heavy atom. The van der Waals surface area contributed by atoms with E-state index in [1.165, 1.54) is 25.9 Å². The zero-order chi connectivity index (χ0) is 20.8. The molecule has 1 rings (SSSR count). The lowest BCUT2D eigenvalue weighted by Gasteiger charge is -2.36. The first-order valence-corrected chi connectivity index (χ1v) is 8.86. The van der Waals surface area contributed by atoms with Gasteiger partial charge in [-0.1, -0.05) is 0 Å². The Morgan fingerprint density at radius 2 is 1.41 bits per heavy atom. The molecule has 0 aromatic rings. The lowest BCUT2D eigenvalue weighted by atomic mass is 10.2. The van der Waals surface area contributed by atoms with Crippen molar-refractivity contribution in [3.8, 4) is 0 Å². The van der Waals surface area contributed by atoms with Crippen molar-refractivity contribution in [2.45, 2.75) is 52.3 Å². The van der Waals surface area contributed by atoms with Crippen molar-refractivity contribution in [2.24, 2.45) is 0 Å². The Kier molecular flexibility index (Phi) is 7.86. The Labute approximate surface area is 159 Å². The van der Waals surface area contributed by atoms with Gasteiger partial charge in [-0.15, -0.1) is 0 Å². The standard InChI is InChI=1S/C17H30N4O6/c1-11(13(22)18-12(2)14(23)26-6)19-15(24)20-7-9-21(10-8-20)16(25)27-17(3,4)5/h11-12H,7-10H2,1-6H3,(H,18,22)(H,19,24)/t11-,12-/m0/s1. The average Bonchev–Trinajstić information content (AvgIpc) is 2.59. The largest absolute Gasteiger partial charge is 0.467 e. The van der Waals surface area contributed by atoms with Gasteiger partial charge in [0, 0.05) is 26.2 Å². The molecule has 0 aromatic heterocycles. The predicted molar refractivity (Wildman–Crippen MR) is 97.0 cm³/mol. The van der Waals surface area contributed by atoms with E-state index in [-0.39, 0.29) is 0 Å². The fraction of sp³-hybridized carbons (Fsp3) is 0.765. The summed E-state index contributed by atoms with van der Waals surface area (Å²) in [4.78, 5) is 50.8. The first-order chi connectivity index (χ1) is 12.4. The molecular weight excluding hydrogens is 356 g/mol. The first kappa shape index (κ1) is 22.5. The van der Waals surface area contributed by atoms with Gasteiger partial charge < -0.3 is 29.9 Å². The van der Waals surface area contributed by atoms with Gasteiger partial charge in [0.1, 0.15) is 17.7 Å². The number of carbonyl (C=O) groups excluding carboxylic acids is 4. The van der Waals surface area contributed by atoms with Crippen LogP contribution >= 0.6 is 0 Å². The van der Waals surface area contributed by atoms with E-state index in [1.54, 1.807) is 25.7 Å². The molecule has 0 aromatic carbocycles. The minimum Gasteiger partial charge on any atom is -0.467 e. The number of hydrogen-bond donors (Lipinski definition) is 2. The monoisotopic (exact) mass is 386 g/mol. The molecule has 1 fully saturated rings. The molecule has 1 aliphatic rings. The normalized spacial score (nSPS) is 16.8. The second kappa shape index (κ2) is 9.43. The van der Waals surface area contributed by atoms with Gasteiger partial charge in [0.2, 0.25) is 5.91 Å². The summed E-state index contributed by atoms with van der Waals surface area (Å²) in [5, 5.41) is 5.05. The number of carbonyl (C=O) groups is 4. The maximum atomic E-state index is 12.3. The predicted octanol–water partition coefficient (Wildman–Crippen LogP) is 0.315. The van der Waals surface area contributed by atoms with Crippen LogP contribution in [0.5, 0.6) is 0 Å². The molecule has 0 bridgehead atoms. The molecule has 1 saturated heterocycles. The number of piperazine rings is 1. The van der Waals surface area contributed by atoms with Crippen molar-refractivity contribution in [3.63, 3.8) is 0 Å². The number of nitrogens with one attached hydrogen (secondary N) is 2. The Hall–Kier alpha value is -2.52. The minimum absolute atomic E-state index is 0.331. The fourth-order valence-electron chi connectivity index (χ4n) is 2.33. The number of rotatable bonds is 4. The van der Waals surface area contributed by atoms with Crippen LogP contribution in [0.25, 0.3) is 0 Å². The van der Waals surface area contributed by atoms with Gasteiger partial charge in [-0.2, -0.15) is 0 Å². The smallest absolute Gasteiger partial charge is 0.410 e. The third-order valence-electron chi connectivity index (χ3n) is 3.87. The van der Waals surface area contributed by atoms with Crippen LogP contribution in [0.4, 0.5) is 9.59 Å². The third kappa shape index (κ3) is 7.32. The molecule has 2 atom stereocenters. The van der Waals surface area contributed by atoms with Crippen molar-refractivity contribution in [1.29, 1.82) is 0 Å². The van der Waals surface area contributed by atoms with E-state index in [9.17, 15) is 19.2 Å². The van der Waals surface area contributed by atoms with Gasteiger partial charge in [-0.25, -0.2) is 14.4 Å². The second-order valence-corrected chi connectivity index (χ2v) is 7.38. The molecule has 0 spiro atoms. The highest BCUT2D eigenvalue weighted by Crippen LogP contribution is 2.12. The van der Waals surface area contributed by atoms with E-state index in [2.05, 4.69) is 15.4 Å². The van der Waals surface area contributed by atoms with E-state index >= 15 is 0 Å². The average molecular weight is 386 g/mol. The van der Waals surface area contributed by atoms with Crippen LogP contribution in [-0.2, 0) is 19.1 Å². The quantitative estimate of drug-likeness (QED) is 0.672. The van der Waals surface area contributed by atoms with E-state index in [4.69, 9.17) is 4.74 Å². The highest BCUT2D eigenvalue weighted by atomic mass is 16.6. The van der Waals surface area contributed by atoms with E-state index < -0.39 is 41.7 Å². The summed E-state index contributed by atoms with van der Waals surface area (Å²) in [5.41, 5.74) is -0.574. The fourth-order valence-corrected chi connectivity index (χ4v) is 2.33. The van der Waals surface area contributed by atoms with Crippen molar-refractivity contribution in [3.05, 3.63) is 0 Å². The summed E-state index contributed by atoms with van der Waals surface area (Å²) in [6.07, 6.45) is -0.410. The van der Waals surface area contributed by atoms with E-state index in [0.717, 1.165) is 0 Å². The van der Waals surface area contributed by atoms with Crippen LogP contribution in [0, 0.1) is 0 Å². The SMILES string of the molecule is COC(=O)[C@H](C)NC(=O)[C@H](C)NC(=O)N1CCN(C(=O)OC(C)(C)C)CC1. The molecule has 10 nitrogen and oxygen atoms in total. The maximum absolute atomic E-state index is 12.3. The number of nitrogens with zero attached hydrogens (tertiary/aromatic N) is 2. The zero-order valence-electron chi connectivity index (χ0n) is 16.8.